The van der Waals surface area contributed by atoms with Crippen LogP contribution in [-0.4, -0.2) is 77.5 Å². The maximum atomic E-state index is 14.3. The highest BCUT2D eigenvalue weighted by molar-refractivity contribution is 7.93. The van der Waals surface area contributed by atoms with Crippen molar-refractivity contribution in [3.8, 4) is 11.5 Å². The third kappa shape index (κ3) is 5.00. The summed E-state index contributed by atoms with van der Waals surface area (Å²) in [5.41, 5.74) is 1.33. The van der Waals surface area contributed by atoms with Crippen LogP contribution in [-0.2, 0) is 23.9 Å². The molecule has 1 aromatic heterocycles. The highest BCUT2D eigenvalue weighted by atomic mass is 35.5. The molecule has 3 aromatic rings. The fourth-order valence-electron chi connectivity index (χ4n) is 5.25. The van der Waals surface area contributed by atoms with Crippen LogP contribution in [0, 0.1) is 5.82 Å². The fraction of sp³-hybridized carbons (Fsp3) is 0.462. The first-order valence-corrected chi connectivity index (χ1v) is 14.8. The number of aromatic nitrogens is 2. The van der Waals surface area contributed by atoms with Crippen LogP contribution < -0.4 is 14.8 Å². The minimum Gasteiger partial charge on any atom is -0.493 e. The number of hydrogen-bond acceptors (Lipinski definition) is 10. The number of halogens is 2. The molecule has 4 heterocycles. The molecule has 0 spiro atoms. The highest BCUT2D eigenvalue weighted by Crippen LogP contribution is 2.44. The van der Waals surface area contributed by atoms with Gasteiger partial charge < -0.3 is 29.0 Å². The Labute approximate surface area is 230 Å². The van der Waals surface area contributed by atoms with Crippen molar-refractivity contribution in [2.45, 2.75) is 37.3 Å². The molecule has 1 N–H and O–H groups in total. The predicted octanol–water partition coefficient (Wildman–Crippen LogP) is 4.63. The molecule has 4 atom stereocenters. The van der Waals surface area contributed by atoms with E-state index >= 15 is 0 Å². The molecule has 13 heteroatoms. The lowest BCUT2D eigenvalue weighted by molar-refractivity contribution is -0.0138. The molecule has 3 aliphatic rings. The summed E-state index contributed by atoms with van der Waals surface area (Å²) in [5.74, 6) is 1.52. The molecule has 0 bridgehead atoms. The number of nitrogens with zero attached hydrogens (tertiary/aromatic N) is 3. The Hall–Kier alpha value is -2.77. The second-order valence-corrected chi connectivity index (χ2v) is 12.6. The molecular weight excluding hydrogens is 551 g/mol. The zero-order valence-electron chi connectivity index (χ0n) is 21.4. The third-order valence-electron chi connectivity index (χ3n) is 7.19. The average Bonchev–Trinajstić information content (AvgIpc) is 3.63. The summed E-state index contributed by atoms with van der Waals surface area (Å²) in [6.45, 7) is 0.677. The van der Waals surface area contributed by atoms with Crippen LogP contribution >= 0.6 is 11.6 Å². The van der Waals surface area contributed by atoms with Crippen molar-refractivity contribution in [2.24, 2.45) is 4.36 Å². The van der Waals surface area contributed by atoms with Crippen LogP contribution in [0.15, 0.2) is 35.0 Å². The van der Waals surface area contributed by atoms with Crippen LogP contribution in [0.2, 0.25) is 5.02 Å². The molecular formula is C26H28ClFN4O6S. The Balaban J connectivity index is 1.35. The number of hydrogen-bond donors (Lipinski definition) is 1. The standard InChI is InChI=1S/C26H28ClFN4O6S/c1-34-19-11-36-25-20(12-37-24(19)25)38-18-9-14(28)5-6-15(18)31-26-21-16(29-13-30-26)10-17(23(35-2)22(21)27)32-39(33)7-3-4-8-39/h5-6,9-10,13,19-20,24-25H,3-4,7-8,11-12H2,1-2H3,(H,29,30,31)/t19?,20?,24-,25-/m1/s1. The van der Waals surface area contributed by atoms with Crippen LogP contribution in [0.3, 0.4) is 0 Å². The monoisotopic (exact) mass is 578 g/mol. The molecule has 0 amide bonds. The Morgan fingerprint density at radius 1 is 1.10 bits per heavy atom. The lowest BCUT2D eigenvalue weighted by Crippen LogP contribution is -2.35. The van der Waals surface area contributed by atoms with Gasteiger partial charge in [0.05, 0.1) is 51.7 Å². The molecule has 2 unspecified atom stereocenters. The molecule has 208 valence electrons. The summed E-state index contributed by atoms with van der Waals surface area (Å²) < 4.78 is 60.9. The number of anilines is 2. The smallest absolute Gasteiger partial charge is 0.164 e. The first kappa shape index (κ1) is 26.5. The first-order valence-electron chi connectivity index (χ1n) is 12.6. The van der Waals surface area contributed by atoms with Crippen molar-refractivity contribution in [3.63, 3.8) is 0 Å². The van der Waals surface area contributed by atoms with Crippen molar-refractivity contribution in [1.82, 2.24) is 9.97 Å². The topological polar surface area (TPSA) is 113 Å². The summed E-state index contributed by atoms with van der Waals surface area (Å²) in [6.07, 6.45) is 1.91. The number of rotatable bonds is 7. The third-order valence-corrected chi connectivity index (χ3v) is 9.93. The van der Waals surface area contributed by atoms with E-state index in [4.69, 9.17) is 35.3 Å². The van der Waals surface area contributed by atoms with Gasteiger partial charge in [-0.1, -0.05) is 11.6 Å². The van der Waals surface area contributed by atoms with Gasteiger partial charge in [0.15, 0.2) is 11.9 Å². The van der Waals surface area contributed by atoms with Gasteiger partial charge in [-0.2, -0.15) is 4.36 Å². The van der Waals surface area contributed by atoms with E-state index in [0.29, 0.717) is 46.2 Å². The Morgan fingerprint density at radius 2 is 1.85 bits per heavy atom. The summed E-state index contributed by atoms with van der Waals surface area (Å²) in [5, 5.41) is 3.90. The lowest BCUT2D eigenvalue weighted by atomic mass is 10.1. The number of nitrogens with one attached hydrogen (secondary N) is 1. The van der Waals surface area contributed by atoms with Crippen molar-refractivity contribution in [3.05, 3.63) is 41.4 Å². The van der Waals surface area contributed by atoms with Crippen LogP contribution in [0.1, 0.15) is 12.8 Å². The minimum absolute atomic E-state index is 0.179. The van der Waals surface area contributed by atoms with E-state index in [-0.39, 0.29) is 41.4 Å². The zero-order valence-corrected chi connectivity index (χ0v) is 23.0. The summed E-state index contributed by atoms with van der Waals surface area (Å²) in [6, 6.07) is 5.86. The highest BCUT2D eigenvalue weighted by Gasteiger charge is 2.49. The Kier molecular flexibility index (Phi) is 7.23. The average molecular weight is 579 g/mol. The molecule has 2 aromatic carbocycles. The molecule has 6 rings (SSSR count). The SMILES string of the molecule is COc1c(N=S2(=O)CCCC2)cc2ncnc(Nc3ccc(F)cc3OC3CO[C@@H]4C(OC)CO[C@H]34)c2c1Cl. The van der Waals surface area contributed by atoms with E-state index in [1.807, 2.05) is 0 Å². The van der Waals surface area contributed by atoms with Gasteiger partial charge in [-0.15, -0.1) is 0 Å². The maximum Gasteiger partial charge on any atom is 0.164 e. The minimum atomic E-state index is -2.37. The number of ether oxygens (including phenoxy) is 5. The van der Waals surface area contributed by atoms with E-state index in [1.165, 1.54) is 25.6 Å². The molecule has 3 aliphatic heterocycles. The van der Waals surface area contributed by atoms with Gasteiger partial charge >= 0.3 is 0 Å². The van der Waals surface area contributed by atoms with Gasteiger partial charge in [-0.05, 0) is 31.0 Å². The number of benzene rings is 2. The van der Waals surface area contributed by atoms with Gasteiger partial charge in [0.2, 0.25) is 0 Å². The zero-order chi connectivity index (χ0) is 27.1. The van der Waals surface area contributed by atoms with Crippen molar-refractivity contribution in [1.29, 1.82) is 0 Å². The van der Waals surface area contributed by atoms with Crippen LogP contribution in [0.5, 0.6) is 11.5 Å². The van der Waals surface area contributed by atoms with Gasteiger partial charge in [0, 0.05) is 24.7 Å². The van der Waals surface area contributed by atoms with E-state index in [1.54, 1.807) is 19.2 Å². The molecule has 0 aliphatic carbocycles. The van der Waals surface area contributed by atoms with Gasteiger partial charge in [0.25, 0.3) is 0 Å². The van der Waals surface area contributed by atoms with Crippen molar-refractivity contribution < 1.29 is 32.3 Å². The number of methoxy groups -OCH3 is 2. The normalized spacial score (nSPS) is 25.5. The quantitative estimate of drug-likeness (QED) is 0.429. The molecule has 0 radical (unpaired) electrons. The number of fused-ring (bicyclic) bond motifs is 2. The van der Waals surface area contributed by atoms with Gasteiger partial charge in [-0.3, -0.25) is 0 Å². The van der Waals surface area contributed by atoms with Crippen molar-refractivity contribution >= 4 is 49.4 Å². The van der Waals surface area contributed by atoms with E-state index in [9.17, 15) is 8.60 Å². The molecule has 3 saturated heterocycles. The summed E-state index contributed by atoms with van der Waals surface area (Å²) >= 11 is 6.81. The van der Waals surface area contributed by atoms with Gasteiger partial charge in [0.1, 0.15) is 47.7 Å². The first-order chi connectivity index (χ1) is 18.9. The molecule has 10 nitrogen and oxygen atoms in total. The Bertz CT molecular complexity index is 1520. The predicted molar refractivity (Wildman–Crippen MR) is 145 cm³/mol. The van der Waals surface area contributed by atoms with E-state index in [2.05, 4.69) is 19.6 Å². The summed E-state index contributed by atoms with van der Waals surface area (Å²) in [4.78, 5) is 8.76. The fourth-order valence-corrected chi connectivity index (χ4v) is 7.80. The molecule has 39 heavy (non-hydrogen) atoms. The second-order valence-electron chi connectivity index (χ2n) is 9.63. The maximum absolute atomic E-state index is 14.3. The molecule has 0 saturated carbocycles. The molecule has 3 fully saturated rings. The van der Waals surface area contributed by atoms with E-state index in [0.717, 1.165) is 12.8 Å². The van der Waals surface area contributed by atoms with E-state index < -0.39 is 21.7 Å². The largest absolute Gasteiger partial charge is 0.493 e. The van der Waals surface area contributed by atoms with Gasteiger partial charge in [-0.25, -0.2) is 18.6 Å². The van der Waals surface area contributed by atoms with Crippen molar-refractivity contribution in [2.75, 3.05) is 44.3 Å². The Morgan fingerprint density at radius 3 is 2.59 bits per heavy atom. The second kappa shape index (κ2) is 10.7. The van der Waals surface area contributed by atoms with Crippen LogP contribution in [0.4, 0.5) is 21.6 Å². The van der Waals surface area contributed by atoms with Crippen LogP contribution in [0.25, 0.3) is 10.9 Å². The lowest BCUT2D eigenvalue weighted by Gasteiger charge is -2.21. The summed E-state index contributed by atoms with van der Waals surface area (Å²) in [7, 11) is 0.721.